The standard InChI is InChI=1S/C7H8O2S.CH4/c1-5(8)6-3-10-4-7(6)9-2;/h3-4H,1-2H3;1H4. The van der Waals surface area contributed by atoms with Gasteiger partial charge in [0.25, 0.3) is 0 Å². The molecular formula is C8H12O2S. The number of rotatable bonds is 2. The first kappa shape index (κ1) is 10.2. The molecule has 0 aliphatic rings. The average molecular weight is 172 g/mol. The third-order valence-electron chi connectivity index (χ3n) is 1.23. The van der Waals surface area contributed by atoms with E-state index in [2.05, 4.69) is 0 Å². The SMILES string of the molecule is C.COc1cscc1C(C)=O. The highest BCUT2D eigenvalue weighted by Crippen LogP contribution is 2.22. The van der Waals surface area contributed by atoms with Gasteiger partial charge in [-0.1, -0.05) is 7.43 Å². The van der Waals surface area contributed by atoms with E-state index in [1.807, 2.05) is 5.38 Å². The van der Waals surface area contributed by atoms with E-state index < -0.39 is 0 Å². The number of Topliss-reactive ketones (excluding diaryl/α,β-unsaturated/α-hetero) is 1. The number of carbonyl (C=O) groups excluding carboxylic acids is 1. The van der Waals surface area contributed by atoms with Crippen molar-refractivity contribution in [3.8, 4) is 5.75 Å². The largest absolute Gasteiger partial charge is 0.495 e. The molecule has 62 valence electrons. The fourth-order valence-corrected chi connectivity index (χ4v) is 1.53. The van der Waals surface area contributed by atoms with Gasteiger partial charge in [0.05, 0.1) is 12.7 Å². The molecule has 3 heteroatoms. The van der Waals surface area contributed by atoms with Gasteiger partial charge < -0.3 is 4.74 Å². The predicted octanol–water partition coefficient (Wildman–Crippen LogP) is 2.60. The number of hydrogen-bond donors (Lipinski definition) is 0. The van der Waals surface area contributed by atoms with E-state index in [0.717, 1.165) is 0 Å². The maximum Gasteiger partial charge on any atom is 0.164 e. The van der Waals surface area contributed by atoms with Crippen molar-refractivity contribution in [3.63, 3.8) is 0 Å². The van der Waals surface area contributed by atoms with Crippen LogP contribution in [0.1, 0.15) is 24.7 Å². The summed E-state index contributed by atoms with van der Waals surface area (Å²) in [6, 6.07) is 0. The van der Waals surface area contributed by atoms with Crippen LogP contribution >= 0.6 is 11.3 Å². The lowest BCUT2D eigenvalue weighted by Gasteiger charge is -1.95. The summed E-state index contributed by atoms with van der Waals surface area (Å²) in [6.45, 7) is 1.53. The summed E-state index contributed by atoms with van der Waals surface area (Å²) in [5.74, 6) is 0.732. The van der Waals surface area contributed by atoms with Crippen molar-refractivity contribution in [2.45, 2.75) is 14.4 Å². The maximum absolute atomic E-state index is 10.8. The molecule has 0 radical (unpaired) electrons. The Morgan fingerprint density at radius 3 is 2.55 bits per heavy atom. The van der Waals surface area contributed by atoms with E-state index in [9.17, 15) is 4.79 Å². The van der Waals surface area contributed by atoms with Gasteiger partial charge in [0, 0.05) is 10.8 Å². The number of hydrogen-bond acceptors (Lipinski definition) is 3. The molecular weight excluding hydrogens is 160 g/mol. The Labute approximate surface area is 70.8 Å². The fraction of sp³-hybridized carbons (Fsp3) is 0.375. The van der Waals surface area contributed by atoms with Crippen molar-refractivity contribution in [2.24, 2.45) is 0 Å². The molecule has 11 heavy (non-hydrogen) atoms. The van der Waals surface area contributed by atoms with Gasteiger partial charge in [-0.15, -0.1) is 11.3 Å². The molecule has 2 nitrogen and oxygen atoms in total. The minimum Gasteiger partial charge on any atom is -0.495 e. The first-order valence-electron chi connectivity index (χ1n) is 2.87. The van der Waals surface area contributed by atoms with E-state index in [-0.39, 0.29) is 13.2 Å². The fourth-order valence-electron chi connectivity index (χ4n) is 0.700. The third kappa shape index (κ3) is 2.05. The molecule has 0 bridgehead atoms. The zero-order chi connectivity index (χ0) is 7.56. The highest BCUT2D eigenvalue weighted by molar-refractivity contribution is 7.08. The van der Waals surface area contributed by atoms with Crippen molar-refractivity contribution < 1.29 is 9.53 Å². The second-order valence-corrected chi connectivity index (χ2v) is 2.65. The molecule has 0 aromatic carbocycles. The summed E-state index contributed by atoms with van der Waals surface area (Å²) in [5, 5.41) is 3.61. The second-order valence-electron chi connectivity index (χ2n) is 1.91. The van der Waals surface area contributed by atoms with Gasteiger partial charge in [-0.2, -0.15) is 0 Å². The van der Waals surface area contributed by atoms with Gasteiger partial charge in [0.15, 0.2) is 5.78 Å². The minimum absolute atomic E-state index is 0. The first-order valence-corrected chi connectivity index (χ1v) is 3.81. The topological polar surface area (TPSA) is 26.3 Å². The zero-order valence-electron chi connectivity index (χ0n) is 5.88. The lowest BCUT2D eigenvalue weighted by molar-refractivity contribution is 0.101. The van der Waals surface area contributed by atoms with Crippen LogP contribution in [-0.2, 0) is 0 Å². The van der Waals surface area contributed by atoms with E-state index in [1.165, 1.54) is 18.3 Å². The van der Waals surface area contributed by atoms with Crippen LogP contribution in [0.4, 0.5) is 0 Å². The van der Waals surface area contributed by atoms with Gasteiger partial charge >= 0.3 is 0 Å². The van der Waals surface area contributed by atoms with Gasteiger partial charge in [0.2, 0.25) is 0 Å². The molecule has 0 saturated carbocycles. The van der Waals surface area contributed by atoms with Crippen molar-refractivity contribution in [3.05, 3.63) is 16.3 Å². The molecule has 0 aliphatic carbocycles. The molecule has 0 amide bonds. The van der Waals surface area contributed by atoms with Crippen LogP contribution < -0.4 is 4.74 Å². The van der Waals surface area contributed by atoms with Crippen LogP contribution in [0.25, 0.3) is 0 Å². The van der Waals surface area contributed by atoms with Crippen LogP contribution in [0.2, 0.25) is 0 Å². The molecule has 0 aliphatic heterocycles. The molecule has 0 spiro atoms. The maximum atomic E-state index is 10.8. The molecule has 1 aromatic rings. The Bertz CT molecular complexity index is 240. The summed E-state index contributed by atoms with van der Waals surface area (Å²) in [4.78, 5) is 10.8. The average Bonchev–Trinajstić information content (AvgIpc) is 2.33. The summed E-state index contributed by atoms with van der Waals surface area (Å²) in [6.07, 6.45) is 0. The molecule has 1 heterocycles. The highest BCUT2D eigenvalue weighted by atomic mass is 32.1. The van der Waals surface area contributed by atoms with Crippen molar-refractivity contribution in [2.75, 3.05) is 7.11 Å². The quantitative estimate of drug-likeness (QED) is 0.641. The first-order chi connectivity index (χ1) is 4.75. The van der Waals surface area contributed by atoms with Crippen LogP contribution in [0.3, 0.4) is 0 Å². The third-order valence-corrected chi connectivity index (χ3v) is 1.95. The Morgan fingerprint density at radius 2 is 2.18 bits per heavy atom. The monoisotopic (exact) mass is 172 g/mol. The van der Waals surface area contributed by atoms with E-state index in [1.54, 1.807) is 12.5 Å². The molecule has 0 saturated heterocycles. The summed E-state index contributed by atoms with van der Waals surface area (Å²) in [5.41, 5.74) is 0.674. The summed E-state index contributed by atoms with van der Waals surface area (Å²) < 4.78 is 4.94. The van der Waals surface area contributed by atoms with Crippen molar-refractivity contribution >= 4 is 17.1 Å². The second kappa shape index (κ2) is 4.13. The Balaban J connectivity index is 0.000001000. The van der Waals surface area contributed by atoms with Gasteiger partial charge in [-0.3, -0.25) is 4.79 Å². The van der Waals surface area contributed by atoms with Crippen LogP contribution in [0.5, 0.6) is 5.75 Å². The Kier molecular flexibility index (Phi) is 3.82. The van der Waals surface area contributed by atoms with Crippen LogP contribution in [0.15, 0.2) is 10.8 Å². The van der Waals surface area contributed by atoms with Crippen molar-refractivity contribution in [1.82, 2.24) is 0 Å². The smallest absolute Gasteiger partial charge is 0.164 e. The van der Waals surface area contributed by atoms with Gasteiger partial charge in [0.1, 0.15) is 5.75 Å². The normalized spacial score (nSPS) is 8.55. The molecule has 0 fully saturated rings. The van der Waals surface area contributed by atoms with E-state index in [0.29, 0.717) is 11.3 Å². The minimum atomic E-state index is 0. The summed E-state index contributed by atoms with van der Waals surface area (Å²) in [7, 11) is 1.56. The number of methoxy groups -OCH3 is 1. The molecule has 1 rings (SSSR count). The van der Waals surface area contributed by atoms with Gasteiger partial charge in [-0.25, -0.2) is 0 Å². The zero-order valence-corrected chi connectivity index (χ0v) is 6.70. The van der Waals surface area contributed by atoms with E-state index >= 15 is 0 Å². The number of ether oxygens (including phenoxy) is 1. The molecule has 0 N–H and O–H groups in total. The lowest BCUT2D eigenvalue weighted by Crippen LogP contribution is -1.92. The van der Waals surface area contributed by atoms with E-state index in [4.69, 9.17) is 4.74 Å². The number of ketones is 1. The molecule has 0 unspecified atom stereocenters. The van der Waals surface area contributed by atoms with Crippen molar-refractivity contribution in [1.29, 1.82) is 0 Å². The van der Waals surface area contributed by atoms with Gasteiger partial charge in [-0.05, 0) is 6.92 Å². The Morgan fingerprint density at radius 1 is 1.55 bits per heavy atom. The molecule has 1 aromatic heterocycles. The van der Waals surface area contributed by atoms with Crippen LogP contribution in [-0.4, -0.2) is 12.9 Å². The lowest BCUT2D eigenvalue weighted by atomic mass is 10.2. The summed E-state index contributed by atoms with van der Waals surface area (Å²) >= 11 is 1.47. The Hall–Kier alpha value is -0.830. The van der Waals surface area contributed by atoms with Crippen LogP contribution in [0, 0.1) is 0 Å². The highest BCUT2D eigenvalue weighted by Gasteiger charge is 2.06. The number of thiophene rings is 1. The molecule has 0 atom stereocenters. The predicted molar refractivity (Wildman–Crippen MR) is 47.6 cm³/mol. The number of carbonyl (C=O) groups is 1.